The average molecular weight is 365 g/mol. The third-order valence-electron chi connectivity index (χ3n) is 3.60. The normalized spacial score (nSPS) is 14.0. The first-order valence-corrected chi connectivity index (χ1v) is 7.65. The summed E-state index contributed by atoms with van der Waals surface area (Å²) >= 11 is 0. The van der Waals surface area contributed by atoms with Crippen LogP contribution in [0.15, 0.2) is 47.7 Å². The van der Waals surface area contributed by atoms with E-state index in [0.29, 0.717) is 11.1 Å². The number of nitrogens with one attached hydrogen (secondary N) is 1. The first-order chi connectivity index (χ1) is 12.2. The summed E-state index contributed by atoms with van der Waals surface area (Å²) in [6.45, 7) is 0.929. The molecule has 9 heteroatoms. The topological polar surface area (TPSA) is 83.6 Å². The fraction of sp³-hybridized carbons (Fsp3) is 0.235. The molecule has 0 aliphatic heterocycles. The molecule has 0 fully saturated rings. The minimum Gasteiger partial charge on any atom is -0.366 e. The molecule has 0 saturated carbocycles. The average Bonchev–Trinajstić information content (AvgIpc) is 2.60. The summed E-state index contributed by atoms with van der Waals surface area (Å²) in [6, 6.07) is 6.91. The summed E-state index contributed by atoms with van der Waals surface area (Å²) in [6.07, 6.45) is -0.611. The predicted octanol–water partition coefficient (Wildman–Crippen LogP) is 2.48. The number of hydrogen-bond acceptors (Lipinski definition) is 4. The number of nitrogens with zero attached hydrogens (tertiary/aromatic N) is 3. The number of nitrogens with two attached hydrogens (primary N) is 1. The molecule has 0 saturated heterocycles. The summed E-state index contributed by atoms with van der Waals surface area (Å²) in [5.41, 5.74) is 9.29. The van der Waals surface area contributed by atoms with Gasteiger partial charge in [0.25, 0.3) is 5.91 Å². The van der Waals surface area contributed by atoms with Gasteiger partial charge in [-0.3, -0.25) is 19.8 Å². The fourth-order valence-corrected chi connectivity index (χ4v) is 2.07. The number of fused-ring (bicyclic) bond motifs is 1. The fourth-order valence-electron chi connectivity index (χ4n) is 2.07. The quantitative estimate of drug-likeness (QED) is 0.357. The largest absolute Gasteiger partial charge is 0.410 e. The smallest absolute Gasteiger partial charge is 0.366 e. The highest BCUT2D eigenvalue weighted by Gasteiger charge is 2.35. The standard InChI is InChI=1S/C17H18F3N5O/c1-11(17(18,19)20)24-10-25(22-2)9-14(16(21)26)13-6-5-12-4-3-7-23-15(12)8-13/h3-11,22H,1-2H3,(H2,21,26)/b14-9+,24-10-. The van der Waals surface area contributed by atoms with Gasteiger partial charge in [0.2, 0.25) is 0 Å². The second-order valence-electron chi connectivity index (χ2n) is 5.43. The van der Waals surface area contributed by atoms with E-state index < -0.39 is 18.1 Å². The van der Waals surface area contributed by atoms with Gasteiger partial charge in [-0.1, -0.05) is 18.2 Å². The van der Waals surface area contributed by atoms with Gasteiger partial charge >= 0.3 is 6.18 Å². The molecule has 0 radical (unpaired) electrons. The van der Waals surface area contributed by atoms with Crippen LogP contribution in [0.3, 0.4) is 0 Å². The van der Waals surface area contributed by atoms with Gasteiger partial charge in [-0.25, -0.2) is 5.43 Å². The minimum absolute atomic E-state index is 0.0954. The third-order valence-corrected chi connectivity index (χ3v) is 3.60. The molecule has 6 nitrogen and oxygen atoms in total. The second kappa shape index (κ2) is 7.96. The van der Waals surface area contributed by atoms with Gasteiger partial charge in [-0.15, -0.1) is 0 Å². The van der Waals surface area contributed by atoms with E-state index in [4.69, 9.17) is 5.73 Å². The Bertz CT molecular complexity index is 848. The summed E-state index contributed by atoms with van der Waals surface area (Å²) in [5, 5.41) is 2.01. The number of pyridine rings is 1. The Morgan fingerprint density at radius 3 is 2.73 bits per heavy atom. The molecule has 0 spiro atoms. The Morgan fingerprint density at radius 1 is 1.38 bits per heavy atom. The zero-order valence-corrected chi connectivity index (χ0v) is 14.2. The number of alkyl halides is 3. The lowest BCUT2D eigenvalue weighted by Gasteiger charge is -2.17. The van der Waals surface area contributed by atoms with E-state index in [1.165, 1.54) is 13.2 Å². The maximum atomic E-state index is 12.6. The lowest BCUT2D eigenvalue weighted by Crippen LogP contribution is -2.32. The van der Waals surface area contributed by atoms with Crippen molar-refractivity contribution in [3.8, 4) is 0 Å². The molecule has 1 amide bonds. The molecule has 2 rings (SSSR count). The van der Waals surface area contributed by atoms with Crippen molar-refractivity contribution in [2.24, 2.45) is 10.7 Å². The zero-order chi connectivity index (χ0) is 19.3. The number of carbonyl (C=O) groups is 1. The van der Waals surface area contributed by atoms with Gasteiger partial charge in [0.15, 0.2) is 0 Å². The van der Waals surface area contributed by atoms with Gasteiger partial charge in [0.1, 0.15) is 12.4 Å². The summed E-state index contributed by atoms with van der Waals surface area (Å²) < 4.78 is 37.7. The summed E-state index contributed by atoms with van der Waals surface area (Å²) in [7, 11) is 1.47. The molecular formula is C17H18F3N5O. The Balaban J connectivity index is 2.36. The molecule has 2 aromatic rings. The Morgan fingerprint density at radius 2 is 2.12 bits per heavy atom. The highest BCUT2D eigenvalue weighted by Crippen LogP contribution is 2.22. The van der Waals surface area contributed by atoms with Crippen LogP contribution >= 0.6 is 0 Å². The first-order valence-electron chi connectivity index (χ1n) is 7.65. The lowest BCUT2D eigenvalue weighted by atomic mass is 10.0. The van der Waals surface area contributed by atoms with Gasteiger partial charge in [0.05, 0.1) is 11.1 Å². The molecule has 1 heterocycles. The number of benzene rings is 1. The van der Waals surface area contributed by atoms with Crippen LogP contribution in [0.2, 0.25) is 0 Å². The Labute approximate surface area is 148 Å². The molecule has 26 heavy (non-hydrogen) atoms. The highest BCUT2D eigenvalue weighted by molar-refractivity contribution is 6.19. The van der Waals surface area contributed by atoms with Crippen molar-refractivity contribution >= 4 is 28.7 Å². The van der Waals surface area contributed by atoms with Crippen molar-refractivity contribution in [2.45, 2.75) is 19.1 Å². The van der Waals surface area contributed by atoms with Crippen molar-refractivity contribution in [1.29, 1.82) is 0 Å². The van der Waals surface area contributed by atoms with Gasteiger partial charge < -0.3 is 5.73 Å². The monoisotopic (exact) mass is 365 g/mol. The van der Waals surface area contributed by atoms with E-state index in [9.17, 15) is 18.0 Å². The zero-order valence-electron chi connectivity index (χ0n) is 14.2. The Hall–Kier alpha value is -2.94. The number of halogens is 3. The Kier molecular flexibility index (Phi) is 5.93. The third kappa shape index (κ3) is 4.79. The van der Waals surface area contributed by atoms with Crippen LogP contribution in [0.25, 0.3) is 16.5 Å². The van der Waals surface area contributed by atoms with E-state index in [1.807, 2.05) is 6.07 Å². The SMILES string of the molecule is CNN(/C=N\C(C)C(F)(F)F)/C=C(/C(N)=O)c1ccc2cccnc2c1. The molecular weight excluding hydrogens is 347 g/mol. The van der Waals surface area contributed by atoms with Crippen molar-refractivity contribution in [2.75, 3.05) is 7.05 Å². The number of aliphatic imine (C=N–C) groups is 1. The molecule has 1 aromatic carbocycles. The van der Waals surface area contributed by atoms with E-state index in [-0.39, 0.29) is 5.57 Å². The lowest BCUT2D eigenvalue weighted by molar-refractivity contribution is -0.142. The molecule has 1 unspecified atom stereocenters. The number of hydrogen-bond donors (Lipinski definition) is 2. The van der Waals surface area contributed by atoms with Crippen LogP contribution in [0.5, 0.6) is 0 Å². The maximum absolute atomic E-state index is 12.6. The number of hydrazine groups is 1. The van der Waals surface area contributed by atoms with Gasteiger partial charge in [0, 0.05) is 24.8 Å². The van der Waals surface area contributed by atoms with Crippen molar-refractivity contribution in [3.05, 3.63) is 48.3 Å². The van der Waals surface area contributed by atoms with Crippen LogP contribution in [0.4, 0.5) is 13.2 Å². The molecule has 138 valence electrons. The van der Waals surface area contributed by atoms with E-state index >= 15 is 0 Å². The summed E-state index contributed by atoms with van der Waals surface area (Å²) in [4.78, 5) is 19.5. The van der Waals surface area contributed by atoms with Crippen LogP contribution in [-0.4, -0.2) is 41.5 Å². The molecule has 1 atom stereocenters. The number of primary amides is 1. The van der Waals surface area contributed by atoms with E-state index in [2.05, 4.69) is 15.4 Å². The van der Waals surface area contributed by atoms with Crippen molar-refractivity contribution < 1.29 is 18.0 Å². The second-order valence-corrected chi connectivity index (χ2v) is 5.43. The predicted molar refractivity (Wildman–Crippen MR) is 93.8 cm³/mol. The number of amides is 1. The maximum Gasteiger partial charge on any atom is 0.410 e. The molecule has 1 aromatic heterocycles. The van der Waals surface area contributed by atoms with Crippen LogP contribution in [-0.2, 0) is 4.79 Å². The highest BCUT2D eigenvalue weighted by atomic mass is 19.4. The van der Waals surface area contributed by atoms with Crippen LogP contribution in [0, 0.1) is 0 Å². The molecule has 0 aliphatic carbocycles. The minimum atomic E-state index is -4.45. The molecule has 0 aliphatic rings. The van der Waals surface area contributed by atoms with Crippen LogP contribution < -0.4 is 11.2 Å². The molecule has 0 bridgehead atoms. The van der Waals surface area contributed by atoms with Crippen molar-refractivity contribution in [3.63, 3.8) is 0 Å². The molecule has 3 N–H and O–H groups in total. The van der Waals surface area contributed by atoms with Gasteiger partial charge in [-0.05, 0) is 24.6 Å². The number of rotatable bonds is 6. The van der Waals surface area contributed by atoms with Gasteiger partial charge in [-0.2, -0.15) is 13.2 Å². The van der Waals surface area contributed by atoms with E-state index in [1.54, 1.807) is 30.5 Å². The van der Waals surface area contributed by atoms with Crippen molar-refractivity contribution in [1.82, 2.24) is 15.4 Å². The van der Waals surface area contributed by atoms with E-state index in [0.717, 1.165) is 23.7 Å². The number of aromatic nitrogens is 1. The van der Waals surface area contributed by atoms with Crippen LogP contribution in [0.1, 0.15) is 12.5 Å². The first kappa shape index (κ1) is 19.4. The number of carbonyl (C=O) groups excluding carboxylic acids is 1. The summed E-state index contributed by atoms with van der Waals surface area (Å²) in [5.74, 6) is -0.738.